The number of hydrogen-bond donors (Lipinski definition) is 0. The summed E-state index contributed by atoms with van der Waals surface area (Å²) in [6.07, 6.45) is 3.68. The van der Waals surface area contributed by atoms with Crippen LogP contribution in [0.2, 0.25) is 5.15 Å². The Hall–Kier alpha value is -2.65. The molecule has 1 aromatic heterocycles. The fourth-order valence-corrected chi connectivity index (χ4v) is 2.59. The van der Waals surface area contributed by atoms with Crippen LogP contribution in [0.25, 0.3) is 11.6 Å². The van der Waals surface area contributed by atoms with E-state index in [1.54, 1.807) is 22.9 Å². The zero-order chi connectivity index (χ0) is 17.7. The highest BCUT2D eigenvalue weighted by molar-refractivity contribution is 6.31. The number of nitrogens with zero attached hydrogens (tertiary/aromatic N) is 4. The maximum atomic E-state index is 10.7. The number of nitriles is 1. The smallest absolute Gasteiger partial charge is 0.258 e. The van der Waals surface area contributed by atoms with E-state index in [9.17, 15) is 15.4 Å². The van der Waals surface area contributed by atoms with Gasteiger partial charge in [-0.2, -0.15) is 10.4 Å². The molecule has 0 bridgehead atoms. The molecule has 0 atom stereocenters. The van der Waals surface area contributed by atoms with Gasteiger partial charge in [-0.1, -0.05) is 24.9 Å². The molecule has 2 aromatic rings. The van der Waals surface area contributed by atoms with Crippen molar-refractivity contribution in [1.82, 2.24) is 9.78 Å². The van der Waals surface area contributed by atoms with Gasteiger partial charge in [-0.15, -0.1) is 0 Å². The molecule has 0 saturated heterocycles. The number of unbranched alkanes of at least 4 members (excludes halogenated alkanes) is 1. The number of halogens is 1. The summed E-state index contributed by atoms with van der Waals surface area (Å²) < 4.78 is 1.73. The third kappa shape index (κ3) is 3.81. The molecule has 0 aliphatic rings. The first kappa shape index (κ1) is 17.7. The van der Waals surface area contributed by atoms with Gasteiger partial charge in [0.15, 0.2) is 0 Å². The highest BCUT2D eigenvalue weighted by atomic mass is 35.5. The number of nitro groups is 1. The monoisotopic (exact) mass is 344 g/mol. The van der Waals surface area contributed by atoms with E-state index in [-0.39, 0.29) is 5.69 Å². The summed E-state index contributed by atoms with van der Waals surface area (Å²) in [4.78, 5) is 10.2. The quantitative estimate of drug-likeness (QED) is 0.435. The Morgan fingerprint density at radius 3 is 2.67 bits per heavy atom. The Bertz CT molecular complexity index is 816. The van der Waals surface area contributed by atoms with Crippen LogP contribution in [0, 0.1) is 28.4 Å². The van der Waals surface area contributed by atoms with E-state index in [0.717, 1.165) is 25.1 Å². The number of hydrogen-bond acceptors (Lipinski definition) is 4. The minimum atomic E-state index is -0.474. The largest absolute Gasteiger partial charge is 0.269 e. The topological polar surface area (TPSA) is 84.8 Å². The summed E-state index contributed by atoms with van der Waals surface area (Å²) >= 11 is 6.38. The molecule has 1 aromatic carbocycles. The van der Waals surface area contributed by atoms with Crippen molar-refractivity contribution < 1.29 is 4.92 Å². The van der Waals surface area contributed by atoms with Crippen LogP contribution >= 0.6 is 11.6 Å². The van der Waals surface area contributed by atoms with Gasteiger partial charge in [0, 0.05) is 24.2 Å². The lowest BCUT2D eigenvalue weighted by atomic mass is 10.0. The van der Waals surface area contributed by atoms with E-state index in [1.165, 1.54) is 12.1 Å². The van der Waals surface area contributed by atoms with Crippen molar-refractivity contribution in [2.24, 2.45) is 0 Å². The summed E-state index contributed by atoms with van der Waals surface area (Å²) in [5.74, 6) is 0. The van der Waals surface area contributed by atoms with Gasteiger partial charge in [0.05, 0.1) is 22.3 Å². The van der Waals surface area contributed by atoms with Crippen molar-refractivity contribution in [2.75, 3.05) is 0 Å². The van der Waals surface area contributed by atoms with Gasteiger partial charge in [-0.05, 0) is 37.1 Å². The van der Waals surface area contributed by atoms with Crippen molar-refractivity contribution >= 4 is 28.9 Å². The highest BCUT2D eigenvalue weighted by Gasteiger charge is 2.13. The predicted octanol–water partition coefficient (Wildman–Crippen LogP) is 4.62. The van der Waals surface area contributed by atoms with Gasteiger partial charge in [-0.3, -0.25) is 14.8 Å². The molecule has 0 saturated carbocycles. The Morgan fingerprint density at radius 1 is 1.46 bits per heavy atom. The molecule has 0 fully saturated rings. The van der Waals surface area contributed by atoms with Gasteiger partial charge in [0.1, 0.15) is 5.15 Å². The molecule has 0 radical (unpaired) electrons. The fraction of sp³-hybridized carbons (Fsp3) is 0.294. The Balaban J connectivity index is 2.39. The van der Waals surface area contributed by atoms with Gasteiger partial charge in [0.2, 0.25) is 0 Å². The number of rotatable bonds is 6. The molecule has 0 spiro atoms. The molecule has 0 unspecified atom stereocenters. The average molecular weight is 345 g/mol. The SMILES string of the molecule is CCCCn1nc(C)c(/C=C(\C#N)c2ccc([N+](=O)[O-])cc2)c1Cl. The summed E-state index contributed by atoms with van der Waals surface area (Å²) in [6.45, 7) is 4.65. The Kier molecular flexibility index (Phi) is 5.72. The van der Waals surface area contributed by atoms with Gasteiger partial charge >= 0.3 is 0 Å². The van der Waals surface area contributed by atoms with E-state index in [4.69, 9.17) is 11.6 Å². The van der Waals surface area contributed by atoms with Crippen LogP contribution in [0.1, 0.15) is 36.6 Å². The second-order valence-corrected chi connectivity index (χ2v) is 5.70. The summed E-state index contributed by atoms with van der Waals surface area (Å²) in [5.41, 5.74) is 2.40. The van der Waals surface area contributed by atoms with Crippen LogP contribution in [0.5, 0.6) is 0 Å². The molecule has 0 N–H and O–H groups in total. The molecule has 0 aliphatic carbocycles. The number of aryl methyl sites for hydroxylation is 2. The minimum absolute atomic E-state index is 0.0161. The second-order valence-electron chi connectivity index (χ2n) is 5.34. The van der Waals surface area contributed by atoms with E-state index in [2.05, 4.69) is 18.1 Å². The van der Waals surface area contributed by atoms with Crippen LogP contribution < -0.4 is 0 Å². The number of allylic oxidation sites excluding steroid dienone is 1. The van der Waals surface area contributed by atoms with Crippen molar-refractivity contribution in [1.29, 1.82) is 5.26 Å². The molecule has 0 aliphatic heterocycles. The van der Waals surface area contributed by atoms with E-state index >= 15 is 0 Å². The van der Waals surface area contributed by atoms with Gasteiger partial charge in [0.25, 0.3) is 5.69 Å². The number of nitro benzene ring substituents is 1. The zero-order valence-electron chi connectivity index (χ0n) is 13.5. The Labute approximate surface area is 145 Å². The maximum Gasteiger partial charge on any atom is 0.269 e. The maximum absolute atomic E-state index is 10.7. The minimum Gasteiger partial charge on any atom is -0.258 e. The molecule has 2 rings (SSSR count). The zero-order valence-corrected chi connectivity index (χ0v) is 14.2. The summed E-state index contributed by atoms with van der Waals surface area (Å²) in [6, 6.07) is 7.97. The summed E-state index contributed by atoms with van der Waals surface area (Å²) in [7, 11) is 0. The van der Waals surface area contributed by atoms with Crippen molar-refractivity contribution in [3.8, 4) is 6.07 Å². The van der Waals surface area contributed by atoms with Crippen LogP contribution in [0.4, 0.5) is 5.69 Å². The van der Waals surface area contributed by atoms with E-state index in [1.807, 2.05) is 6.92 Å². The first-order chi connectivity index (χ1) is 11.5. The Morgan fingerprint density at radius 2 is 2.12 bits per heavy atom. The van der Waals surface area contributed by atoms with E-state index in [0.29, 0.717) is 21.9 Å². The lowest BCUT2D eigenvalue weighted by Crippen LogP contribution is -1.99. The highest BCUT2D eigenvalue weighted by Crippen LogP contribution is 2.27. The molecular weight excluding hydrogens is 328 g/mol. The van der Waals surface area contributed by atoms with Crippen LogP contribution in [-0.2, 0) is 6.54 Å². The first-order valence-corrected chi connectivity index (χ1v) is 7.95. The average Bonchev–Trinajstić information content (AvgIpc) is 2.84. The molecule has 1 heterocycles. The molecule has 24 heavy (non-hydrogen) atoms. The molecule has 7 heteroatoms. The van der Waals surface area contributed by atoms with Crippen LogP contribution in [0.3, 0.4) is 0 Å². The summed E-state index contributed by atoms with van der Waals surface area (Å²) in [5, 5.41) is 25.0. The standard InChI is InChI=1S/C17H17ClN4O2/c1-3-4-9-21-17(18)16(12(2)20-21)10-14(11-19)13-5-7-15(8-6-13)22(23)24/h5-8,10H,3-4,9H2,1-2H3/b14-10+. The van der Waals surface area contributed by atoms with Crippen molar-refractivity contribution in [3.63, 3.8) is 0 Å². The van der Waals surface area contributed by atoms with Crippen LogP contribution in [0.15, 0.2) is 24.3 Å². The van der Waals surface area contributed by atoms with Crippen LogP contribution in [-0.4, -0.2) is 14.7 Å². The third-order valence-corrected chi connectivity index (χ3v) is 4.03. The lowest BCUT2D eigenvalue weighted by Gasteiger charge is -2.02. The lowest BCUT2D eigenvalue weighted by molar-refractivity contribution is -0.384. The number of non-ortho nitro benzene ring substituents is 1. The van der Waals surface area contributed by atoms with Crippen molar-refractivity contribution in [2.45, 2.75) is 33.2 Å². The first-order valence-electron chi connectivity index (χ1n) is 7.57. The molecule has 6 nitrogen and oxygen atoms in total. The number of aromatic nitrogens is 2. The normalized spacial score (nSPS) is 11.3. The fourth-order valence-electron chi connectivity index (χ4n) is 2.27. The molecule has 0 amide bonds. The second kappa shape index (κ2) is 7.75. The van der Waals surface area contributed by atoms with Crippen molar-refractivity contribution in [3.05, 3.63) is 56.4 Å². The number of benzene rings is 1. The molecular formula is C17H17ClN4O2. The van der Waals surface area contributed by atoms with E-state index < -0.39 is 4.92 Å². The van der Waals surface area contributed by atoms with Gasteiger partial charge in [-0.25, -0.2) is 0 Å². The third-order valence-electron chi connectivity index (χ3n) is 3.63. The molecule has 124 valence electrons. The van der Waals surface area contributed by atoms with Gasteiger partial charge < -0.3 is 0 Å². The predicted molar refractivity (Wildman–Crippen MR) is 93.5 cm³/mol.